The molecule has 1 aliphatic rings. The molecule has 1 fully saturated rings. The monoisotopic (exact) mass is 259 g/mol. The first-order valence-corrected chi connectivity index (χ1v) is 6.60. The van der Waals surface area contributed by atoms with Crippen molar-refractivity contribution in [2.24, 2.45) is 0 Å². The normalized spacial score (nSPS) is 17.9. The van der Waals surface area contributed by atoms with Gasteiger partial charge in [-0.1, -0.05) is 18.9 Å². The van der Waals surface area contributed by atoms with Crippen molar-refractivity contribution in [3.63, 3.8) is 0 Å². The molecule has 4 nitrogen and oxygen atoms in total. The van der Waals surface area contributed by atoms with Gasteiger partial charge >= 0.3 is 5.97 Å². The zero-order valence-electron chi connectivity index (χ0n) is 10.9. The lowest BCUT2D eigenvalue weighted by atomic mass is 9.78. The van der Waals surface area contributed by atoms with Crippen LogP contribution >= 0.6 is 0 Å². The van der Waals surface area contributed by atoms with Gasteiger partial charge in [-0.15, -0.1) is 0 Å². The zero-order chi connectivity index (χ0) is 13.6. The van der Waals surface area contributed by atoms with Crippen molar-refractivity contribution in [3.05, 3.63) is 29.5 Å². The molecule has 0 radical (unpaired) electrons. The summed E-state index contributed by atoms with van der Waals surface area (Å²) in [5.41, 5.74) is 1.43. The largest absolute Gasteiger partial charge is 0.507 e. The van der Waals surface area contributed by atoms with Crippen LogP contribution in [-0.4, -0.2) is 21.2 Å². The zero-order valence-corrected chi connectivity index (χ0v) is 10.9. The van der Waals surface area contributed by atoms with Crippen LogP contribution in [0.5, 0.6) is 5.75 Å². The minimum absolute atomic E-state index is 0.126. The number of aliphatic carboxylic acids is 1. The van der Waals surface area contributed by atoms with Crippen molar-refractivity contribution in [3.8, 4) is 5.75 Å². The molecule has 3 N–H and O–H groups in total. The Hall–Kier alpha value is -1.97. The van der Waals surface area contributed by atoms with Gasteiger partial charge in [-0.25, -0.2) is 0 Å². The molecule has 1 aromatic heterocycles. The first-order valence-electron chi connectivity index (χ1n) is 6.60. The molecule has 1 saturated carbocycles. The number of aromatic nitrogens is 1. The van der Waals surface area contributed by atoms with Gasteiger partial charge in [0.05, 0.1) is 5.41 Å². The summed E-state index contributed by atoms with van der Waals surface area (Å²) in [7, 11) is 0. The number of hydrogen-bond donors (Lipinski definition) is 3. The Labute approximate surface area is 111 Å². The van der Waals surface area contributed by atoms with Gasteiger partial charge in [0.1, 0.15) is 5.75 Å². The minimum atomic E-state index is -0.915. The van der Waals surface area contributed by atoms with Gasteiger partial charge in [0.2, 0.25) is 0 Å². The fourth-order valence-corrected chi connectivity index (χ4v) is 3.33. The molecule has 4 heteroatoms. The van der Waals surface area contributed by atoms with E-state index in [0.29, 0.717) is 18.4 Å². The van der Waals surface area contributed by atoms with E-state index in [-0.39, 0.29) is 5.75 Å². The highest BCUT2D eigenvalue weighted by atomic mass is 16.4. The topological polar surface area (TPSA) is 73.3 Å². The maximum absolute atomic E-state index is 11.7. The molecule has 1 heterocycles. The molecular weight excluding hydrogens is 242 g/mol. The smallest absolute Gasteiger partial charge is 0.314 e. The maximum atomic E-state index is 11.7. The van der Waals surface area contributed by atoms with E-state index in [1.165, 1.54) is 0 Å². The molecule has 0 bridgehead atoms. The number of carboxylic acid groups (broad SMARTS) is 1. The average molecular weight is 259 g/mol. The lowest BCUT2D eigenvalue weighted by Crippen LogP contribution is -2.32. The van der Waals surface area contributed by atoms with Crippen molar-refractivity contribution in [2.45, 2.75) is 38.0 Å². The molecule has 3 rings (SSSR count). The average Bonchev–Trinajstić information content (AvgIpc) is 2.98. The fourth-order valence-electron chi connectivity index (χ4n) is 3.33. The van der Waals surface area contributed by atoms with Crippen LogP contribution in [0, 0.1) is 6.92 Å². The summed E-state index contributed by atoms with van der Waals surface area (Å²) in [5.74, 6) is -0.701. The molecule has 0 saturated heterocycles. The summed E-state index contributed by atoms with van der Waals surface area (Å²) in [6, 6.07) is 3.62. The third-order valence-corrected chi connectivity index (χ3v) is 4.40. The van der Waals surface area contributed by atoms with Crippen molar-refractivity contribution < 1.29 is 15.0 Å². The van der Waals surface area contributed by atoms with Gasteiger partial charge in [-0.3, -0.25) is 4.79 Å². The van der Waals surface area contributed by atoms with Crippen molar-refractivity contribution in [1.82, 2.24) is 4.98 Å². The van der Waals surface area contributed by atoms with Crippen LogP contribution in [0.2, 0.25) is 0 Å². The van der Waals surface area contributed by atoms with E-state index < -0.39 is 11.4 Å². The molecule has 0 spiro atoms. The Bertz CT molecular complexity index is 651. The van der Waals surface area contributed by atoms with Crippen molar-refractivity contribution in [1.29, 1.82) is 0 Å². The first-order chi connectivity index (χ1) is 9.06. The molecule has 19 heavy (non-hydrogen) atoms. The number of rotatable bonds is 2. The third kappa shape index (κ3) is 1.56. The summed E-state index contributed by atoms with van der Waals surface area (Å²) in [4.78, 5) is 14.8. The van der Waals surface area contributed by atoms with Crippen LogP contribution in [0.1, 0.15) is 36.8 Å². The van der Waals surface area contributed by atoms with E-state index in [1.807, 2.05) is 19.2 Å². The molecular formula is C15H17NO3. The third-order valence-electron chi connectivity index (χ3n) is 4.40. The number of phenolic OH excluding ortho intramolecular Hbond substituents is 1. The standard InChI is InChI=1S/C15H17NO3/c1-9-8-16-11-5-4-10(13(17)12(9)11)15(14(18)19)6-2-3-7-15/h4-5,8,16-17H,2-3,6-7H2,1H3,(H,18,19). The van der Waals surface area contributed by atoms with Gasteiger partial charge in [-0.05, 0) is 31.4 Å². The number of aromatic amines is 1. The van der Waals surface area contributed by atoms with Gasteiger partial charge in [0.25, 0.3) is 0 Å². The first kappa shape index (κ1) is 12.1. The number of carboxylic acids is 1. The number of H-pyrrole nitrogens is 1. The molecule has 0 atom stereocenters. The number of phenols is 1. The van der Waals surface area contributed by atoms with Crippen LogP contribution in [0.4, 0.5) is 0 Å². The Morgan fingerprint density at radius 2 is 2.00 bits per heavy atom. The predicted octanol–water partition coefficient (Wildman–Crippen LogP) is 3.08. The molecule has 1 aliphatic carbocycles. The molecule has 0 unspecified atom stereocenters. The number of nitrogens with one attached hydrogen (secondary N) is 1. The summed E-state index contributed by atoms with van der Waals surface area (Å²) < 4.78 is 0. The summed E-state index contributed by atoms with van der Waals surface area (Å²) >= 11 is 0. The number of benzene rings is 1. The van der Waals surface area contributed by atoms with E-state index in [4.69, 9.17) is 0 Å². The van der Waals surface area contributed by atoms with Gasteiger partial charge in [-0.2, -0.15) is 0 Å². The Balaban J connectivity index is 2.27. The highest BCUT2D eigenvalue weighted by Gasteiger charge is 2.44. The van der Waals surface area contributed by atoms with Crippen LogP contribution in [0.25, 0.3) is 10.9 Å². The quantitative estimate of drug-likeness (QED) is 0.776. The van der Waals surface area contributed by atoms with Crippen LogP contribution < -0.4 is 0 Å². The second-order valence-electron chi connectivity index (χ2n) is 5.45. The summed E-state index contributed by atoms with van der Waals surface area (Å²) in [6.45, 7) is 1.91. The van der Waals surface area contributed by atoms with Crippen LogP contribution in [-0.2, 0) is 10.2 Å². The van der Waals surface area contributed by atoms with E-state index in [9.17, 15) is 15.0 Å². The Morgan fingerprint density at radius 3 is 2.63 bits per heavy atom. The second kappa shape index (κ2) is 4.02. The molecule has 100 valence electrons. The van der Waals surface area contributed by atoms with Gasteiger partial charge in [0, 0.05) is 22.7 Å². The molecule has 2 aromatic rings. The number of fused-ring (bicyclic) bond motifs is 1. The SMILES string of the molecule is Cc1c[nH]c2ccc(C3(C(=O)O)CCCC3)c(O)c12. The number of aryl methyl sites for hydroxylation is 1. The van der Waals surface area contributed by atoms with Crippen LogP contribution in [0.15, 0.2) is 18.3 Å². The van der Waals surface area contributed by atoms with E-state index in [1.54, 1.807) is 6.07 Å². The Morgan fingerprint density at radius 1 is 1.32 bits per heavy atom. The highest BCUT2D eigenvalue weighted by molar-refractivity contribution is 5.93. The predicted molar refractivity (Wildman–Crippen MR) is 72.5 cm³/mol. The van der Waals surface area contributed by atoms with E-state index >= 15 is 0 Å². The lowest BCUT2D eigenvalue weighted by molar-refractivity contribution is -0.143. The van der Waals surface area contributed by atoms with Gasteiger partial charge < -0.3 is 15.2 Å². The van der Waals surface area contributed by atoms with E-state index in [0.717, 1.165) is 29.3 Å². The van der Waals surface area contributed by atoms with Crippen molar-refractivity contribution >= 4 is 16.9 Å². The summed E-state index contributed by atoms with van der Waals surface area (Å²) in [5, 5.41) is 20.9. The molecule has 0 amide bonds. The molecule has 1 aromatic carbocycles. The van der Waals surface area contributed by atoms with Gasteiger partial charge in [0.15, 0.2) is 0 Å². The number of hydrogen-bond acceptors (Lipinski definition) is 2. The lowest BCUT2D eigenvalue weighted by Gasteiger charge is -2.25. The second-order valence-corrected chi connectivity index (χ2v) is 5.45. The van der Waals surface area contributed by atoms with Crippen LogP contribution in [0.3, 0.4) is 0 Å². The molecule has 0 aliphatic heterocycles. The number of carbonyl (C=O) groups is 1. The highest BCUT2D eigenvalue weighted by Crippen LogP contribution is 2.47. The maximum Gasteiger partial charge on any atom is 0.314 e. The number of aromatic hydroxyl groups is 1. The Kier molecular flexibility index (Phi) is 2.55. The summed E-state index contributed by atoms with van der Waals surface area (Å²) in [6.07, 6.45) is 4.83. The fraction of sp³-hybridized carbons (Fsp3) is 0.400. The minimum Gasteiger partial charge on any atom is -0.507 e. The van der Waals surface area contributed by atoms with E-state index in [2.05, 4.69) is 4.98 Å². The van der Waals surface area contributed by atoms with Crippen molar-refractivity contribution in [2.75, 3.05) is 0 Å².